The zero-order chi connectivity index (χ0) is 15.6. The van der Waals surface area contributed by atoms with E-state index in [1.54, 1.807) is 10.8 Å². The first-order chi connectivity index (χ1) is 9.84. The van der Waals surface area contributed by atoms with Gasteiger partial charge in [0.25, 0.3) is 0 Å². The standard InChI is InChI=1S/C14H14F4N2O/c1-2-6-20-7-5-19-13(20)12(21)10-8-9(15)3-4-11(10)14(16,17)18/h3-5,7-8,12,21H,2,6H2,1H3. The molecule has 3 nitrogen and oxygen atoms in total. The molecule has 0 aliphatic carbocycles. The van der Waals surface area contributed by atoms with Crippen molar-refractivity contribution in [2.24, 2.45) is 0 Å². The maximum Gasteiger partial charge on any atom is 0.416 e. The first-order valence-corrected chi connectivity index (χ1v) is 6.40. The molecule has 1 heterocycles. The lowest BCUT2D eigenvalue weighted by Gasteiger charge is -2.18. The van der Waals surface area contributed by atoms with E-state index in [0.717, 1.165) is 12.5 Å². The van der Waals surface area contributed by atoms with Gasteiger partial charge in [-0.3, -0.25) is 0 Å². The highest BCUT2D eigenvalue weighted by Gasteiger charge is 2.36. The van der Waals surface area contributed by atoms with E-state index in [9.17, 15) is 22.7 Å². The highest BCUT2D eigenvalue weighted by Crippen LogP contribution is 2.36. The summed E-state index contributed by atoms with van der Waals surface area (Å²) in [6.45, 7) is 2.39. The summed E-state index contributed by atoms with van der Waals surface area (Å²) in [5.41, 5.74) is -1.60. The van der Waals surface area contributed by atoms with Gasteiger partial charge in [0.1, 0.15) is 17.7 Å². The summed E-state index contributed by atoms with van der Waals surface area (Å²) >= 11 is 0. The van der Waals surface area contributed by atoms with Gasteiger partial charge in [-0.2, -0.15) is 13.2 Å². The summed E-state index contributed by atoms with van der Waals surface area (Å²) in [7, 11) is 0. The summed E-state index contributed by atoms with van der Waals surface area (Å²) in [6, 6.07) is 2.04. The van der Waals surface area contributed by atoms with E-state index in [2.05, 4.69) is 4.98 Å². The lowest BCUT2D eigenvalue weighted by atomic mass is 10.0. The molecule has 0 aliphatic heterocycles. The van der Waals surface area contributed by atoms with Crippen LogP contribution in [0.3, 0.4) is 0 Å². The number of alkyl halides is 3. The smallest absolute Gasteiger partial charge is 0.380 e. The third-order valence-electron chi connectivity index (χ3n) is 3.07. The summed E-state index contributed by atoms with van der Waals surface area (Å²) < 4.78 is 53.7. The number of benzene rings is 1. The average Bonchev–Trinajstić information content (AvgIpc) is 2.85. The van der Waals surface area contributed by atoms with Crippen LogP contribution in [-0.4, -0.2) is 14.7 Å². The van der Waals surface area contributed by atoms with Crippen LogP contribution in [0.2, 0.25) is 0 Å². The molecule has 0 aliphatic rings. The lowest BCUT2D eigenvalue weighted by molar-refractivity contribution is -0.139. The van der Waals surface area contributed by atoms with Crippen LogP contribution in [0, 0.1) is 5.82 Å². The van der Waals surface area contributed by atoms with Crippen molar-refractivity contribution < 1.29 is 22.7 Å². The SMILES string of the molecule is CCCn1ccnc1C(O)c1cc(F)ccc1C(F)(F)F. The fourth-order valence-electron chi connectivity index (χ4n) is 2.16. The average molecular weight is 302 g/mol. The number of aliphatic hydroxyl groups is 1. The van der Waals surface area contributed by atoms with E-state index < -0.39 is 29.2 Å². The Hall–Kier alpha value is -1.89. The minimum atomic E-state index is -4.67. The fourth-order valence-corrected chi connectivity index (χ4v) is 2.16. The Kier molecular flexibility index (Phi) is 4.32. The number of rotatable bonds is 4. The van der Waals surface area contributed by atoms with E-state index in [-0.39, 0.29) is 5.82 Å². The fraction of sp³-hybridized carbons (Fsp3) is 0.357. The van der Waals surface area contributed by atoms with Crippen LogP contribution in [0.1, 0.15) is 36.4 Å². The van der Waals surface area contributed by atoms with Crippen LogP contribution in [0.15, 0.2) is 30.6 Å². The topological polar surface area (TPSA) is 38.0 Å². The number of aryl methyl sites for hydroxylation is 1. The minimum absolute atomic E-state index is 0.0629. The second kappa shape index (κ2) is 5.85. The van der Waals surface area contributed by atoms with Gasteiger partial charge in [-0.1, -0.05) is 6.92 Å². The second-order valence-electron chi connectivity index (χ2n) is 4.61. The van der Waals surface area contributed by atoms with Crippen molar-refractivity contribution in [2.45, 2.75) is 32.2 Å². The van der Waals surface area contributed by atoms with Gasteiger partial charge in [0.15, 0.2) is 0 Å². The van der Waals surface area contributed by atoms with Crippen LogP contribution in [0.25, 0.3) is 0 Å². The molecule has 0 radical (unpaired) electrons. The van der Waals surface area contributed by atoms with E-state index in [4.69, 9.17) is 0 Å². The summed E-state index contributed by atoms with van der Waals surface area (Å²) in [5, 5.41) is 10.2. The molecule has 0 saturated heterocycles. The van der Waals surface area contributed by atoms with Crippen molar-refractivity contribution >= 4 is 0 Å². The molecule has 7 heteroatoms. The van der Waals surface area contributed by atoms with Gasteiger partial charge in [0.2, 0.25) is 0 Å². The normalized spacial score (nSPS) is 13.4. The maximum absolute atomic E-state index is 13.3. The molecule has 1 N–H and O–H groups in total. The molecule has 2 rings (SSSR count). The number of aromatic nitrogens is 2. The molecule has 0 spiro atoms. The quantitative estimate of drug-likeness (QED) is 0.877. The third-order valence-corrected chi connectivity index (χ3v) is 3.07. The summed E-state index contributed by atoms with van der Waals surface area (Å²) in [6.07, 6.45) is -2.63. The van der Waals surface area contributed by atoms with Gasteiger partial charge in [-0.15, -0.1) is 0 Å². The van der Waals surface area contributed by atoms with Gasteiger partial charge in [-0.05, 0) is 24.6 Å². The molecule has 114 valence electrons. The summed E-state index contributed by atoms with van der Waals surface area (Å²) in [4.78, 5) is 3.89. The van der Waals surface area contributed by atoms with Gasteiger partial charge in [0, 0.05) is 24.5 Å². The number of nitrogens with zero attached hydrogens (tertiary/aromatic N) is 2. The van der Waals surface area contributed by atoms with Gasteiger partial charge in [0.05, 0.1) is 5.56 Å². The molecule has 0 amide bonds. The molecule has 1 aromatic carbocycles. The molecule has 0 fully saturated rings. The number of hydrogen-bond donors (Lipinski definition) is 1. The molecule has 0 bridgehead atoms. The Morgan fingerprint density at radius 3 is 2.67 bits per heavy atom. The summed E-state index contributed by atoms with van der Waals surface area (Å²) in [5.74, 6) is -0.779. The van der Waals surface area contributed by atoms with E-state index in [1.165, 1.54) is 6.20 Å². The number of imidazole rings is 1. The molecule has 1 atom stereocenters. The molecule has 0 saturated carbocycles. The highest BCUT2D eigenvalue weighted by atomic mass is 19.4. The molecular weight excluding hydrogens is 288 g/mol. The van der Waals surface area contributed by atoms with Crippen LogP contribution < -0.4 is 0 Å². The molecular formula is C14H14F4N2O. The van der Waals surface area contributed by atoms with E-state index >= 15 is 0 Å². The third kappa shape index (κ3) is 3.24. The zero-order valence-corrected chi connectivity index (χ0v) is 11.2. The number of aliphatic hydroxyl groups excluding tert-OH is 1. The zero-order valence-electron chi connectivity index (χ0n) is 11.2. The Balaban J connectivity index is 2.49. The monoisotopic (exact) mass is 302 g/mol. The van der Waals surface area contributed by atoms with Crippen LogP contribution in [-0.2, 0) is 12.7 Å². The first-order valence-electron chi connectivity index (χ1n) is 6.40. The molecule has 21 heavy (non-hydrogen) atoms. The van der Waals surface area contributed by atoms with Gasteiger partial charge < -0.3 is 9.67 Å². The van der Waals surface area contributed by atoms with Crippen molar-refractivity contribution in [1.29, 1.82) is 0 Å². The lowest BCUT2D eigenvalue weighted by Crippen LogP contribution is -2.16. The number of hydrogen-bond acceptors (Lipinski definition) is 2. The predicted molar refractivity (Wildman–Crippen MR) is 68.0 cm³/mol. The highest BCUT2D eigenvalue weighted by molar-refractivity contribution is 5.35. The Labute approximate surface area is 118 Å². The Morgan fingerprint density at radius 1 is 1.33 bits per heavy atom. The number of halogens is 4. The van der Waals surface area contributed by atoms with Crippen molar-refractivity contribution in [3.63, 3.8) is 0 Å². The van der Waals surface area contributed by atoms with E-state index in [1.807, 2.05) is 6.92 Å². The van der Waals surface area contributed by atoms with Crippen molar-refractivity contribution in [1.82, 2.24) is 9.55 Å². The molecule has 1 unspecified atom stereocenters. The molecule has 1 aromatic heterocycles. The van der Waals surface area contributed by atoms with Crippen LogP contribution in [0.5, 0.6) is 0 Å². The van der Waals surface area contributed by atoms with E-state index in [0.29, 0.717) is 18.7 Å². The minimum Gasteiger partial charge on any atom is -0.380 e. The maximum atomic E-state index is 13.3. The second-order valence-corrected chi connectivity index (χ2v) is 4.61. The Morgan fingerprint density at radius 2 is 2.05 bits per heavy atom. The van der Waals surface area contributed by atoms with Crippen LogP contribution >= 0.6 is 0 Å². The van der Waals surface area contributed by atoms with Gasteiger partial charge >= 0.3 is 6.18 Å². The Bertz CT molecular complexity index is 622. The van der Waals surface area contributed by atoms with Gasteiger partial charge in [-0.25, -0.2) is 9.37 Å². The van der Waals surface area contributed by atoms with Crippen molar-refractivity contribution in [3.05, 3.63) is 53.4 Å². The largest absolute Gasteiger partial charge is 0.416 e. The van der Waals surface area contributed by atoms with Crippen LogP contribution in [0.4, 0.5) is 17.6 Å². The van der Waals surface area contributed by atoms with Crippen molar-refractivity contribution in [2.75, 3.05) is 0 Å². The molecule has 2 aromatic rings. The predicted octanol–water partition coefficient (Wildman–Crippen LogP) is 3.53. The van der Waals surface area contributed by atoms with Crippen molar-refractivity contribution in [3.8, 4) is 0 Å². The first kappa shape index (κ1) is 15.5.